The lowest BCUT2D eigenvalue weighted by Crippen LogP contribution is -2.43. The molecule has 1 N–H and O–H groups in total. The van der Waals surface area contributed by atoms with Crippen LogP contribution in [0.3, 0.4) is 0 Å². The molecule has 2 fully saturated rings. The average molecular weight is 349 g/mol. The standard InChI is InChI=1S/C21H20FN3O/c22-17-6-4-14(5-7-17)10-15-2-1-3-16(11-15)21(26)24-19-12-18-8-9-20(19)25(18)13-23/h1-7,11,18-20H,8-10,12H2,(H,24,26)/t18-,19+,20+/m0/s1. The molecule has 0 radical (unpaired) electrons. The molecular weight excluding hydrogens is 329 g/mol. The second kappa shape index (κ2) is 6.80. The Morgan fingerprint density at radius 1 is 1.19 bits per heavy atom. The number of carbonyl (C=O) groups excluding carboxylic acids is 1. The Morgan fingerprint density at radius 3 is 2.73 bits per heavy atom. The molecule has 0 aromatic heterocycles. The summed E-state index contributed by atoms with van der Waals surface area (Å²) < 4.78 is 13.0. The first-order valence-corrected chi connectivity index (χ1v) is 8.96. The van der Waals surface area contributed by atoms with Crippen molar-refractivity contribution < 1.29 is 9.18 Å². The van der Waals surface area contributed by atoms with Gasteiger partial charge in [-0.05, 0) is 61.1 Å². The minimum absolute atomic E-state index is 0.0432. The van der Waals surface area contributed by atoms with E-state index in [-0.39, 0.29) is 29.8 Å². The maximum absolute atomic E-state index is 13.0. The Labute approximate surface area is 152 Å². The summed E-state index contributed by atoms with van der Waals surface area (Å²) in [7, 11) is 0. The summed E-state index contributed by atoms with van der Waals surface area (Å²) in [4.78, 5) is 14.5. The van der Waals surface area contributed by atoms with Crippen molar-refractivity contribution in [3.8, 4) is 6.19 Å². The molecule has 0 saturated carbocycles. The molecule has 2 aromatic carbocycles. The zero-order chi connectivity index (χ0) is 18.1. The van der Waals surface area contributed by atoms with Crippen LogP contribution in [0.15, 0.2) is 48.5 Å². The summed E-state index contributed by atoms with van der Waals surface area (Å²) in [5, 5.41) is 12.4. The number of fused-ring (bicyclic) bond motifs is 2. The van der Waals surface area contributed by atoms with E-state index >= 15 is 0 Å². The topological polar surface area (TPSA) is 56.1 Å². The van der Waals surface area contributed by atoms with Gasteiger partial charge in [0.05, 0.1) is 12.1 Å². The molecule has 2 heterocycles. The highest BCUT2D eigenvalue weighted by Gasteiger charge is 2.46. The van der Waals surface area contributed by atoms with Crippen LogP contribution in [0.4, 0.5) is 4.39 Å². The normalized spacial score (nSPS) is 23.7. The van der Waals surface area contributed by atoms with Crippen LogP contribution >= 0.6 is 0 Å². The van der Waals surface area contributed by atoms with Crippen LogP contribution in [0.25, 0.3) is 0 Å². The number of hydrogen-bond donors (Lipinski definition) is 1. The van der Waals surface area contributed by atoms with Crippen molar-refractivity contribution in [2.75, 3.05) is 0 Å². The Morgan fingerprint density at radius 2 is 2.00 bits per heavy atom. The van der Waals surface area contributed by atoms with E-state index in [0.717, 1.165) is 30.4 Å². The highest BCUT2D eigenvalue weighted by atomic mass is 19.1. The van der Waals surface area contributed by atoms with Gasteiger partial charge in [-0.25, -0.2) is 4.39 Å². The van der Waals surface area contributed by atoms with Gasteiger partial charge >= 0.3 is 0 Å². The first-order valence-electron chi connectivity index (χ1n) is 8.96. The van der Waals surface area contributed by atoms with E-state index in [1.165, 1.54) is 12.1 Å². The van der Waals surface area contributed by atoms with Crippen molar-refractivity contribution in [3.05, 3.63) is 71.0 Å². The molecule has 2 aliphatic rings. The average Bonchev–Trinajstić information content (AvgIpc) is 3.20. The van der Waals surface area contributed by atoms with E-state index in [1.807, 2.05) is 23.1 Å². The van der Waals surface area contributed by atoms with Crippen molar-refractivity contribution in [2.45, 2.75) is 43.8 Å². The van der Waals surface area contributed by atoms with Gasteiger partial charge in [-0.1, -0.05) is 24.3 Å². The van der Waals surface area contributed by atoms with E-state index in [0.29, 0.717) is 12.0 Å². The molecule has 1 amide bonds. The number of amides is 1. The number of hydrogen-bond acceptors (Lipinski definition) is 3. The number of benzene rings is 2. The van der Waals surface area contributed by atoms with Crippen molar-refractivity contribution >= 4 is 5.91 Å². The maximum atomic E-state index is 13.0. The van der Waals surface area contributed by atoms with E-state index < -0.39 is 0 Å². The molecule has 0 unspecified atom stereocenters. The summed E-state index contributed by atoms with van der Waals surface area (Å²) >= 11 is 0. The fraction of sp³-hybridized carbons (Fsp3) is 0.333. The van der Waals surface area contributed by atoms with Gasteiger partial charge in [-0.3, -0.25) is 4.79 Å². The van der Waals surface area contributed by atoms with Crippen LogP contribution in [0, 0.1) is 17.3 Å². The third-order valence-electron chi connectivity index (χ3n) is 5.48. The van der Waals surface area contributed by atoms with Crippen LogP contribution < -0.4 is 5.32 Å². The van der Waals surface area contributed by atoms with Gasteiger partial charge in [0.1, 0.15) is 5.82 Å². The lowest BCUT2D eigenvalue weighted by Gasteiger charge is -2.22. The van der Waals surface area contributed by atoms with E-state index in [9.17, 15) is 14.4 Å². The van der Waals surface area contributed by atoms with Gasteiger partial charge in [-0.2, -0.15) is 5.26 Å². The van der Waals surface area contributed by atoms with Crippen LogP contribution in [0.5, 0.6) is 0 Å². The molecular formula is C21H20FN3O. The van der Waals surface area contributed by atoms with E-state index in [2.05, 4.69) is 11.5 Å². The smallest absolute Gasteiger partial charge is 0.251 e. The molecule has 2 aliphatic heterocycles. The zero-order valence-corrected chi connectivity index (χ0v) is 14.4. The summed E-state index contributed by atoms with van der Waals surface area (Å²) in [6.07, 6.45) is 5.77. The fourth-order valence-corrected chi connectivity index (χ4v) is 4.21. The molecule has 4 nitrogen and oxygen atoms in total. The third-order valence-corrected chi connectivity index (χ3v) is 5.48. The first kappa shape index (κ1) is 16.6. The van der Waals surface area contributed by atoms with Crippen molar-refractivity contribution in [1.82, 2.24) is 10.2 Å². The molecule has 2 aromatic rings. The van der Waals surface area contributed by atoms with Gasteiger partial charge in [0.15, 0.2) is 6.19 Å². The predicted octanol–water partition coefficient (Wildman–Crippen LogP) is 3.23. The largest absolute Gasteiger partial charge is 0.347 e. The first-order chi connectivity index (χ1) is 12.6. The van der Waals surface area contributed by atoms with Crippen LogP contribution in [-0.2, 0) is 6.42 Å². The third kappa shape index (κ3) is 3.15. The second-order valence-electron chi connectivity index (χ2n) is 7.13. The number of rotatable bonds is 4. The lowest BCUT2D eigenvalue weighted by molar-refractivity contribution is 0.0928. The summed E-state index contributed by atoms with van der Waals surface area (Å²) in [6.45, 7) is 0. The van der Waals surface area contributed by atoms with E-state index in [4.69, 9.17) is 0 Å². The molecule has 3 atom stereocenters. The van der Waals surface area contributed by atoms with Crippen molar-refractivity contribution in [3.63, 3.8) is 0 Å². The van der Waals surface area contributed by atoms with Gasteiger partial charge in [0, 0.05) is 11.6 Å². The molecule has 2 bridgehead atoms. The van der Waals surface area contributed by atoms with Crippen LogP contribution in [0.1, 0.15) is 40.7 Å². The number of nitriles is 1. The summed E-state index contributed by atoms with van der Waals surface area (Å²) in [6, 6.07) is 14.4. The molecule has 5 heteroatoms. The van der Waals surface area contributed by atoms with Crippen molar-refractivity contribution in [1.29, 1.82) is 5.26 Å². The monoisotopic (exact) mass is 349 g/mol. The molecule has 4 rings (SSSR count). The van der Waals surface area contributed by atoms with Crippen LogP contribution in [0.2, 0.25) is 0 Å². The van der Waals surface area contributed by atoms with Crippen molar-refractivity contribution in [2.24, 2.45) is 0 Å². The minimum atomic E-state index is -0.251. The Balaban J connectivity index is 1.44. The fourth-order valence-electron chi connectivity index (χ4n) is 4.21. The SMILES string of the molecule is N#CN1[C@H]2CC[C@@H]1[C@H](NC(=O)c1cccc(Cc3ccc(F)cc3)c1)C2. The zero-order valence-electron chi connectivity index (χ0n) is 14.4. The highest BCUT2D eigenvalue weighted by molar-refractivity contribution is 5.94. The lowest BCUT2D eigenvalue weighted by atomic mass is 9.95. The number of nitrogens with one attached hydrogen (secondary N) is 1. The highest BCUT2D eigenvalue weighted by Crippen LogP contribution is 2.37. The van der Waals surface area contributed by atoms with Gasteiger partial charge in [0.25, 0.3) is 5.91 Å². The van der Waals surface area contributed by atoms with E-state index in [1.54, 1.807) is 18.2 Å². The maximum Gasteiger partial charge on any atom is 0.251 e. The quantitative estimate of drug-likeness (QED) is 0.862. The molecule has 2 saturated heterocycles. The molecule has 0 spiro atoms. The number of nitrogens with zero attached hydrogens (tertiary/aromatic N) is 2. The Kier molecular flexibility index (Phi) is 4.34. The number of carbonyl (C=O) groups is 1. The van der Waals surface area contributed by atoms with Gasteiger partial charge in [0.2, 0.25) is 0 Å². The Bertz CT molecular complexity index is 858. The Hall–Kier alpha value is -2.87. The molecule has 0 aliphatic carbocycles. The number of halogens is 1. The predicted molar refractivity (Wildman–Crippen MR) is 95.8 cm³/mol. The van der Waals surface area contributed by atoms with Gasteiger partial charge < -0.3 is 10.2 Å². The molecule has 132 valence electrons. The minimum Gasteiger partial charge on any atom is -0.347 e. The van der Waals surface area contributed by atoms with Crippen LogP contribution in [-0.4, -0.2) is 28.9 Å². The summed E-state index contributed by atoms with van der Waals surface area (Å²) in [5.74, 6) is -0.347. The second-order valence-corrected chi connectivity index (χ2v) is 7.13. The molecule has 26 heavy (non-hydrogen) atoms. The summed E-state index contributed by atoms with van der Waals surface area (Å²) in [5.41, 5.74) is 2.63. The van der Waals surface area contributed by atoms with Gasteiger partial charge in [-0.15, -0.1) is 0 Å².